The van der Waals surface area contributed by atoms with Crippen molar-refractivity contribution in [2.45, 2.75) is 32.9 Å². The topological polar surface area (TPSA) is 57.6 Å². The Balaban J connectivity index is 2.01. The second kappa shape index (κ2) is 5.88. The van der Waals surface area contributed by atoms with Crippen molar-refractivity contribution < 1.29 is 14.7 Å². The van der Waals surface area contributed by atoms with E-state index in [1.165, 1.54) is 4.90 Å². The summed E-state index contributed by atoms with van der Waals surface area (Å²) in [5.41, 5.74) is 4.53. The SMILES string of the molecule is Cc1cccc(C(=O)N2Cc3ccccc3C[C@H]2C(=O)O)c1C. The predicted molar refractivity (Wildman–Crippen MR) is 87.4 cm³/mol. The summed E-state index contributed by atoms with van der Waals surface area (Å²) < 4.78 is 0. The smallest absolute Gasteiger partial charge is 0.326 e. The number of benzene rings is 2. The second-order valence-corrected chi connectivity index (χ2v) is 6.01. The third kappa shape index (κ3) is 2.72. The van der Waals surface area contributed by atoms with Crippen molar-refractivity contribution >= 4 is 11.9 Å². The standard InChI is InChI=1S/C19H19NO3/c1-12-6-5-9-16(13(12)2)18(21)20-11-15-8-4-3-7-14(15)10-17(20)19(22)23/h3-9,17H,10-11H2,1-2H3,(H,22,23)/t17-/m0/s1. The Bertz CT molecular complexity index is 782. The van der Waals surface area contributed by atoms with E-state index in [1.54, 1.807) is 6.07 Å². The minimum Gasteiger partial charge on any atom is -0.480 e. The van der Waals surface area contributed by atoms with Gasteiger partial charge in [-0.25, -0.2) is 4.79 Å². The Morgan fingerprint density at radius 1 is 1.04 bits per heavy atom. The van der Waals surface area contributed by atoms with Crippen LogP contribution in [0.2, 0.25) is 0 Å². The molecule has 4 heteroatoms. The molecule has 23 heavy (non-hydrogen) atoms. The molecule has 3 rings (SSSR count). The molecular weight excluding hydrogens is 290 g/mol. The van der Waals surface area contributed by atoms with Gasteiger partial charge in [-0.15, -0.1) is 0 Å². The lowest BCUT2D eigenvalue weighted by molar-refractivity contribution is -0.142. The van der Waals surface area contributed by atoms with Crippen molar-refractivity contribution in [3.8, 4) is 0 Å². The zero-order valence-corrected chi connectivity index (χ0v) is 13.2. The van der Waals surface area contributed by atoms with E-state index in [2.05, 4.69) is 0 Å². The highest BCUT2D eigenvalue weighted by Crippen LogP contribution is 2.26. The van der Waals surface area contributed by atoms with E-state index < -0.39 is 12.0 Å². The largest absolute Gasteiger partial charge is 0.480 e. The zero-order chi connectivity index (χ0) is 16.6. The fourth-order valence-electron chi connectivity index (χ4n) is 3.09. The molecule has 0 spiro atoms. The molecule has 0 radical (unpaired) electrons. The molecule has 1 atom stereocenters. The summed E-state index contributed by atoms with van der Waals surface area (Å²) in [5.74, 6) is -1.17. The van der Waals surface area contributed by atoms with E-state index in [9.17, 15) is 14.7 Å². The number of carbonyl (C=O) groups excluding carboxylic acids is 1. The quantitative estimate of drug-likeness (QED) is 0.928. The lowest BCUT2D eigenvalue weighted by Crippen LogP contribution is -2.48. The van der Waals surface area contributed by atoms with Crippen LogP contribution in [0.4, 0.5) is 0 Å². The van der Waals surface area contributed by atoms with Crippen molar-refractivity contribution in [3.63, 3.8) is 0 Å². The van der Waals surface area contributed by atoms with Crippen LogP contribution < -0.4 is 0 Å². The van der Waals surface area contributed by atoms with Gasteiger partial charge in [0, 0.05) is 18.5 Å². The molecule has 0 aliphatic carbocycles. The summed E-state index contributed by atoms with van der Waals surface area (Å²) in [5, 5.41) is 9.56. The number of aryl methyl sites for hydroxylation is 1. The normalized spacial score (nSPS) is 16.8. The van der Waals surface area contributed by atoms with Gasteiger partial charge >= 0.3 is 5.97 Å². The molecule has 2 aromatic carbocycles. The van der Waals surface area contributed by atoms with E-state index in [-0.39, 0.29) is 5.91 Å². The van der Waals surface area contributed by atoms with Gasteiger partial charge in [-0.05, 0) is 42.2 Å². The third-order valence-electron chi connectivity index (χ3n) is 4.63. The van der Waals surface area contributed by atoms with E-state index in [0.29, 0.717) is 18.5 Å². The van der Waals surface area contributed by atoms with Gasteiger partial charge in [0.15, 0.2) is 0 Å². The highest BCUT2D eigenvalue weighted by Gasteiger charge is 2.35. The van der Waals surface area contributed by atoms with Crippen LogP contribution in [0.3, 0.4) is 0 Å². The van der Waals surface area contributed by atoms with Crippen molar-refractivity contribution in [1.82, 2.24) is 4.90 Å². The summed E-state index contributed by atoms with van der Waals surface area (Å²) >= 11 is 0. The molecule has 0 aromatic heterocycles. The molecule has 0 unspecified atom stereocenters. The maximum Gasteiger partial charge on any atom is 0.326 e. The zero-order valence-electron chi connectivity index (χ0n) is 13.2. The van der Waals surface area contributed by atoms with Gasteiger partial charge in [0.25, 0.3) is 5.91 Å². The molecule has 0 fully saturated rings. The Hall–Kier alpha value is -2.62. The Labute approximate surface area is 135 Å². The van der Waals surface area contributed by atoms with Crippen LogP contribution in [-0.2, 0) is 17.8 Å². The van der Waals surface area contributed by atoms with E-state index in [0.717, 1.165) is 22.3 Å². The van der Waals surface area contributed by atoms with E-state index >= 15 is 0 Å². The predicted octanol–water partition coefficient (Wildman–Crippen LogP) is 2.96. The summed E-state index contributed by atoms with van der Waals surface area (Å²) in [6, 6.07) is 12.4. The van der Waals surface area contributed by atoms with Gasteiger partial charge < -0.3 is 10.0 Å². The first-order valence-corrected chi connectivity index (χ1v) is 7.66. The first-order chi connectivity index (χ1) is 11.0. The fourth-order valence-corrected chi connectivity index (χ4v) is 3.09. The molecule has 0 saturated carbocycles. The monoisotopic (exact) mass is 309 g/mol. The first-order valence-electron chi connectivity index (χ1n) is 7.66. The van der Waals surface area contributed by atoms with Crippen LogP contribution in [-0.4, -0.2) is 27.9 Å². The van der Waals surface area contributed by atoms with Crippen molar-refractivity contribution in [3.05, 3.63) is 70.3 Å². The molecule has 2 aromatic rings. The molecule has 1 aliphatic rings. The second-order valence-electron chi connectivity index (χ2n) is 6.01. The third-order valence-corrected chi connectivity index (χ3v) is 4.63. The van der Waals surface area contributed by atoms with Crippen molar-refractivity contribution in [2.24, 2.45) is 0 Å². The molecule has 1 aliphatic heterocycles. The Morgan fingerprint density at radius 2 is 1.74 bits per heavy atom. The van der Waals surface area contributed by atoms with Gasteiger partial charge in [0.05, 0.1) is 0 Å². The molecule has 1 N–H and O–H groups in total. The minimum absolute atomic E-state index is 0.215. The van der Waals surface area contributed by atoms with E-state index in [4.69, 9.17) is 0 Å². The van der Waals surface area contributed by atoms with Gasteiger partial charge in [-0.3, -0.25) is 4.79 Å². The maximum atomic E-state index is 13.0. The van der Waals surface area contributed by atoms with Gasteiger partial charge in [-0.1, -0.05) is 36.4 Å². The highest BCUT2D eigenvalue weighted by molar-refractivity contribution is 5.98. The summed E-state index contributed by atoms with van der Waals surface area (Å²) in [4.78, 5) is 26.1. The number of amides is 1. The Morgan fingerprint density at radius 3 is 2.43 bits per heavy atom. The average molecular weight is 309 g/mol. The highest BCUT2D eigenvalue weighted by atomic mass is 16.4. The molecule has 1 heterocycles. The lowest BCUT2D eigenvalue weighted by Gasteiger charge is -2.35. The number of fused-ring (bicyclic) bond motifs is 1. The van der Waals surface area contributed by atoms with Gasteiger partial charge in [0.2, 0.25) is 0 Å². The number of hydrogen-bond donors (Lipinski definition) is 1. The Kier molecular flexibility index (Phi) is 3.90. The number of rotatable bonds is 2. The van der Waals surface area contributed by atoms with Crippen LogP contribution in [0, 0.1) is 13.8 Å². The van der Waals surface area contributed by atoms with Crippen molar-refractivity contribution in [2.75, 3.05) is 0 Å². The minimum atomic E-state index is -0.960. The number of hydrogen-bond acceptors (Lipinski definition) is 2. The molecule has 118 valence electrons. The number of carboxylic acid groups (broad SMARTS) is 1. The summed E-state index contributed by atoms with van der Waals surface area (Å²) in [7, 11) is 0. The van der Waals surface area contributed by atoms with Gasteiger partial charge in [-0.2, -0.15) is 0 Å². The number of carboxylic acids is 1. The van der Waals surface area contributed by atoms with Crippen LogP contribution in [0.25, 0.3) is 0 Å². The molecule has 4 nitrogen and oxygen atoms in total. The summed E-state index contributed by atoms with van der Waals surface area (Å²) in [6.07, 6.45) is 0.349. The first kappa shape index (κ1) is 15.3. The molecule has 0 saturated heterocycles. The van der Waals surface area contributed by atoms with Gasteiger partial charge in [0.1, 0.15) is 6.04 Å². The molecule has 1 amide bonds. The maximum absolute atomic E-state index is 13.0. The lowest BCUT2D eigenvalue weighted by atomic mass is 9.92. The number of aliphatic carboxylic acids is 1. The van der Waals surface area contributed by atoms with Crippen molar-refractivity contribution in [1.29, 1.82) is 0 Å². The number of nitrogens with zero attached hydrogens (tertiary/aromatic N) is 1. The molecule has 0 bridgehead atoms. The van der Waals surface area contributed by atoms with Crippen LogP contribution in [0.5, 0.6) is 0 Å². The summed E-state index contributed by atoms with van der Waals surface area (Å²) in [6.45, 7) is 4.18. The fraction of sp³-hybridized carbons (Fsp3) is 0.263. The molecular formula is C19H19NO3. The van der Waals surface area contributed by atoms with Crippen LogP contribution in [0.15, 0.2) is 42.5 Å². The van der Waals surface area contributed by atoms with E-state index in [1.807, 2.05) is 50.2 Å². The van der Waals surface area contributed by atoms with Crippen LogP contribution in [0.1, 0.15) is 32.6 Å². The van der Waals surface area contributed by atoms with Crippen LogP contribution >= 0.6 is 0 Å². The average Bonchev–Trinajstić information content (AvgIpc) is 2.55. The number of carbonyl (C=O) groups is 2.